The van der Waals surface area contributed by atoms with E-state index in [0.717, 1.165) is 12.0 Å². The van der Waals surface area contributed by atoms with E-state index in [0.29, 0.717) is 5.92 Å². The molecule has 0 bridgehead atoms. The summed E-state index contributed by atoms with van der Waals surface area (Å²) in [6, 6.07) is 0. The van der Waals surface area contributed by atoms with Gasteiger partial charge in [0.25, 0.3) is 0 Å². The van der Waals surface area contributed by atoms with Gasteiger partial charge in [-0.1, -0.05) is 47.2 Å². The Balaban J connectivity index is 3.75. The van der Waals surface area contributed by atoms with E-state index in [9.17, 15) is 0 Å². The van der Waals surface area contributed by atoms with E-state index in [4.69, 9.17) is 5.11 Å². The summed E-state index contributed by atoms with van der Waals surface area (Å²) in [7, 11) is 0. The predicted octanol–water partition coefficient (Wildman–Crippen LogP) is 2.90. The fourth-order valence-corrected chi connectivity index (χ4v) is 1.17. The second kappa shape index (κ2) is 6.85. The molecule has 64 valence electrons. The first-order chi connectivity index (χ1) is 5.20. The van der Waals surface area contributed by atoms with Crippen molar-refractivity contribution in [1.82, 2.24) is 0 Å². The second-order valence-corrected chi connectivity index (χ2v) is 3.46. The summed E-state index contributed by atoms with van der Waals surface area (Å²) >= 11 is 2.21. The van der Waals surface area contributed by atoms with Gasteiger partial charge in [0.1, 0.15) is 0 Å². The van der Waals surface area contributed by atoms with Crippen LogP contribution in [0.3, 0.4) is 0 Å². The van der Waals surface area contributed by atoms with Crippen molar-refractivity contribution >= 4 is 22.6 Å². The lowest BCUT2D eigenvalue weighted by Crippen LogP contribution is -1.91. The number of hydrogen-bond acceptors (Lipinski definition) is 1. The third kappa shape index (κ3) is 6.56. The van der Waals surface area contributed by atoms with E-state index in [1.807, 2.05) is 11.0 Å². The molecule has 0 aromatic heterocycles. The van der Waals surface area contributed by atoms with Gasteiger partial charge in [-0.2, -0.15) is 0 Å². The summed E-state index contributed by atoms with van der Waals surface area (Å²) < 4.78 is 2.02. The predicted molar refractivity (Wildman–Crippen MR) is 57.8 cm³/mol. The third-order valence-corrected chi connectivity index (χ3v) is 1.92. The maximum absolute atomic E-state index is 8.72. The Morgan fingerprint density at radius 2 is 2.27 bits per heavy atom. The largest absolute Gasteiger partial charge is 0.392 e. The zero-order valence-corrected chi connectivity index (χ0v) is 9.21. The van der Waals surface area contributed by atoms with Crippen LogP contribution in [0.15, 0.2) is 21.8 Å². The van der Waals surface area contributed by atoms with Crippen molar-refractivity contribution in [2.45, 2.75) is 20.3 Å². The Morgan fingerprint density at radius 3 is 2.73 bits per heavy atom. The minimum Gasteiger partial charge on any atom is -0.392 e. The molecule has 0 saturated carbocycles. The van der Waals surface area contributed by atoms with Gasteiger partial charge in [-0.15, -0.1) is 0 Å². The monoisotopic (exact) mass is 266 g/mol. The molecule has 0 rings (SSSR count). The Labute approximate surface area is 82.3 Å². The van der Waals surface area contributed by atoms with E-state index in [-0.39, 0.29) is 6.61 Å². The first-order valence-electron chi connectivity index (χ1n) is 3.74. The number of rotatable bonds is 4. The maximum Gasteiger partial charge on any atom is 0.0639 e. The van der Waals surface area contributed by atoms with Crippen LogP contribution in [-0.4, -0.2) is 11.7 Å². The van der Waals surface area contributed by atoms with E-state index in [1.54, 1.807) is 0 Å². The fraction of sp³-hybridized carbons (Fsp3) is 0.556. The molecule has 0 spiro atoms. The molecular weight excluding hydrogens is 251 g/mol. The number of aliphatic hydroxyl groups excluding tert-OH is 1. The van der Waals surface area contributed by atoms with Gasteiger partial charge in [-0.25, -0.2) is 0 Å². The van der Waals surface area contributed by atoms with Gasteiger partial charge < -0.3 is 5.11 Å². The molecule has 1 nitrogen and oxygen atoms in total. The highest BCUT2D eigenvalue weighted by molar-refractivity contribution is 14.1. The quantitative estimate of drug-likeness (QED) is 0.612. The van der Waals surface area contributed by atoms with Crippen LogP contribution < -0.4 is 0 Å². The number of aliphatic hydroxyl groups is 1. The Bertz CT molecular complexity index is 150. The molecule has 11 heavy (non-hydrogen) atoms. The summed E-state index contributed by atoms with van der Waals surface area (Å²) in [4.78, 5) is 0. The average molecular weight is 266 g/mol. The van der Waals surface area contributed by atoms with Crippen molar-refractivity contribution in [3.05, 3.63) is 21.8 Å². The van der Waals surface area contributed by atoms with Gasteiger partial charge in [-0.05, 0) is 23.3 Å². The molecule has 1 atom stereocenters. The van der Waals surface area contributed by atoms with Gasteiger partial charge in [0, 0.05) is 0 Å². The van der Waals surface area contributed by atoms with Crippen LogP contribution in [0.25, 0.3) is 0 Å². The Hall–Kier alpha value is 0.170. The molecule has 0 amide bonds. The summed E-state index contributed by atoms with van der Waals surface area (Å²) in [6.45, 7) is 4.28. The van der Waals surface area contributed by atoms with E-state index < -0.39 is 0 Å². The van der Waals surface area contributed by atoms with Crippen LogP contribution in [0.5, 0.6) is 0 Å². The molecule has 0 radical (unpaired) electrons. The van der Waals surface area contributed by atoms with E-state index >= 15 is 0 Å². The lowest BCUT2D eigenvalue weighted by Gasteiger charge is -2.02. The molecule has 0 aliphatic heterocycles. The van der Waals surface area contributed by atoms with Crippen LogP contribution in [0, 0.1) is 5.92 Å². The molecule has 0 unspecified atom stereocenters. The summed E-state index contributed by atoms with van der Waals surface area (Å²) in [5.74, 6) is 0.535. The molecule has 0 aliphatic rings. The number of allylic oxidation sites excluding steroid dienone is 2. The van der Waals surface area contributed by atoms with E-state index in [1.165, 1.54) is 0 Å². The maximum atomic E-state index is 8.72. The smallest absolute Gasteiger partial charge is 0.0639 e. The van der Waals surface area contributed by atoms with Crippen LogP contribution >= 0.6 is 22.6 Å². The topological polar surface area (TPSA) is 20.2 Å². The first kappa shape index (κ1) is 11.2. The molecule has 0 aromatic carbocycles. The third-order valence-electron chi connectivity index (χ3n) is 1.42. The molecular formula is C9H15IO. The summed E-state index contributed by atoms with van der Waals surface area (Å²) in [5, 5.41) is 8.72. The highest BCUT2D eigenvalue weighted by Crippen LogP contribution is 2.08. The van der Waals surface area contributed by atoms with Crippen molar-refractivity contribution in [3.8, 4) is 0 Å². The lowest BCUT2D eigenvalue weighted by atomic mass is 10.1. The minimum absolute atomic E-state index is 0.179. The van der Waals surface area contributed by atoms with E-state index in [2.05, 4.69) is 41.7 Å². The fourth-order valence-electron chi connectivity index (χ4n) is 0.873. The van der Waals surface area contributed by atoms with Crippen molar-refractivity contribution in [1.29, 1.82) is 0 Å². The van der Waals surface area contributed by atoms with Gasteiger partial charge >= 0.3 is 0 Å². The highest BCUT2D eigenvalue weighted by Gasteiger charge is 1.94. The SMILES string of the molecule is C/C(=C\[C@@H](C)C/C=C/I)CO. The Kier molecular flexibility index (Phi) is 6.96. The normalized spacial score (nSPS) is 15.8. The standard InChI is InChI=1S/C9H15IO/c1-8(4-3-5-10)6-9(2)7-11/h3,5-6,8,11H,4,7H2,1-2H3/b5-3+,9-6+/t8-/m0/s1. The van der Waals surface area contributed by atoms with Crippen molar-refractivity contribution in [2.24, 2.45) is 5.92 Å². The van der Waals surface area contributed by atoms with Crippen LogP contribution in [0.2, 0.25) is 0 Å². The van der Waals surface area contributed by atoms with Crippen molar-refractivity contribution < 1.29 is 5.11 Å². The van der Waals surface area contributed by atoms with Crippen molar-refractivity contribution in [2.75, 3.05) is 6.61 Å². The minimum atomic E-state index is 0.179. The molecule has 2 heteroatoms. The zero-order valence-electron chi connectivity index (χ0n) is 7.05. The molecule has 1 N–H and O–H groups in total. The lowest BCUT2D eigenvalue weighted by molar-refractivity contribution is 0.330. The average Bonchev–Trinajstić information content (AvgIpc) is 2.00. The molecule has 0 saturated heterocycles. The molecule has 0 aliphatic carbocycles. The van der Waals surface area contributed by atoms with Crippen molar-refractivity contribution in [3.63, 3.8) is 0 Å². The van der Waals surface area contributed by atoms with Gasteiger partial charge in [0.05, 0.1) is 6.61 Å². The van der Waals surface area contributed by atoms with Crippen LogP contribution in [0.1, 0.15) is 20.3 Å². The number of halogens is 1. The molecule has 0 fully saturated rings. The first-order valence-corrected chi connectivity index (χ1v) is 4.98. The summed E-state index contributed by atoms with van der Waals surface area (Å²) in [6.07, 6.45) is 5.29. The zero-order chi connectivity index (χ0) is 8.69. The van der Waals surface area contributed by atoms with Crippen LogP contribution in [-0.2, 0) is 0 Å². The summed E-state index contributed by atoms with van der Waals surface area (Å²) in [5.41, 5.74) is 1.05. The molecule has 0 aromatic rings. The van der Waals surface area contributed by atoms with Crippen LogP contribution in [0.4, 0.5) is 0 Å². The van der Waals surface area contributed by atoms with Gasteiger partial charge in [-0.3, -0.25) is 0 Å². The Morgan fingerprint density at radius 1 is 1.64 bits per heavy atom. The highest BCUT2D eigenvalue weighted by atomic mass is 127. The number of hydrogen-bond donors (Lipinski definition) is 1. The second-order valence-electron chi connectivity index (χ2n) is 2.75. The molecule has 0 heterocycles. The van der Waals surface area contributed by atoms with Gasteiger partial charge in [0.2, 0.25) is 0 Å². The van der Waals surface area contributed by atoms with Gasteiger partial charge in [0.15, 0.2) is 0 Å².